The van der Waals surface area contributed by atoms with Gasteiger partial charge >= 0.3 is 0 Å². The number of hydrogen-bond acceptors (Lipinski definition) is 4. The normalized spacial score (nSPS) is 12.1. The highest BCUT2D eigenvalue weighted by Crippen LogP contribution is 2.28. The average molecular weight is 505 g/mol. The Morgan fingerprint density at radius 3 is 2.41 bits per heavy atom. The maximum Gasteiger partial charge on any atom is 0.264 e. The Balaban J connectivity index is 1.92. The van der Waals surface area contributed by atoms with Crippen LogP contribution in [0.5, 0.6) is 5.75 Å². The molecule has 0 aliphatic heterocycles. The molecule has 0 saturated carbocycles. The van der Waals surface area contributed by atoms with E-state index >= 15 is 0 Å². The van der Waals surface area contributed by atoms with E-state index in [4.69, 9.17) is 16.3 Å². The predicted octanol–water partition coefficient (Wildman–Crippen LogP) is 5.26. The molecule has 0 radical (unpaired) electrons. The van der Waals surface area contributed by atoms with Gasteiger partial charge in [-0.3, -0.25) is 9.10 Å². The largest absolute Gasteiger partial charge is 0.496 e. The summed E-state index contributed by atoms with van der Waals surface area (Å²) < 4.78 is 46.8. The van der Waals surface area contributed by atoms with Crippen molar-refractivity contribution in [2.45, 2.75) is 31.2 Å². The lowest BCUT2D eigenvalue weighted by molar-refractivity contribution is -0.120. The zero-order chi connectivity index (χ0) is 24.9. The van der Waals surface area contributed by atoms with Gasteiger partial charge in [-0.25, -0.2) is 12.8 Å². The van der Waals surface area contributed by atoms with Crippen molar-refractivity contribution in [1.82, 2.24) is 5.32 Å². The molecular weight excluding hydrogens is 479 g/mol. The van der Waals surface area contributed by atoms with Gasteiger partial charge in [-0.1, -0.05) is 48.9 Å². The van der Waals surface area contributed by atoms with Crippen LogP contribution >= 0.6 is 11.6 Å². The van der Waals surface area contributed by atoms with E-state index in [9.17, 15) is 17.6 Å². The van der Waals surface area contributed by atoms with Crippen LogP contribution in [0.3, 0.4) is 0 Å². The summed E-state index contributed by atoms with van der Waals surface area (Å²) in [6.07, 6.45) is 0.589. The number of anilines is 1. The Labute approximate surface area is 204 Å². The fraction of sp³-hybridized carbons (Fsp3) is 0.240. The average Bonchev–Trinajstić information content (AvgIpc) is 2.83. The smallest absolute Gasteiger partial charge is 0.264 e. The number of carbonyl (C=O) groups excluding carboxylic acids is 1. The van der Waals surface area contributed by atoms with Gasteiger partial charge in [-0.05, 0) is 60.9 Å². The van der Waals surface area contributed by atoms with Gasteiger partial charge in [0.05, 0.1) is 28.8 Å². The third-order valence-electron chi connectivity index (χ3n) is 5.37. The van der Waals surface area contributed by atoms with E-state index in [1.807, 2.05) is 32.0 Å². The molecule has 1 N–H and O–H groups in total. The van der Waals surface area contributed by atoms with Crippen LogP contribution in [0.1, 0.15) is 30.5 Å². The molecule has 3 rings (SSSR count). The van der Waals surface area contributed by atoms with Gasteiger partial charge in [0.25, 0.3) is 10.0 Å². The van der Waals surface area contributed by atoms with Crippen LogP contribution in [0.25, 0.3) is 0 Å². The molecule has 0 bridgehead atoms. The summed E-state index contributed by atoms with van der Waals surface area (Å²) in [5.41, 5.74) is 1.87. The number of hydrogen-bond donors (Lipinski definition) is 1. The molecule has 34 heavy (non-hydrogen) atoms. The molecule has 0 fully saturated rings. The van der Waals surface area contributed by atoms with E-state index in [0.717, 1.165) is 27.2 Å². The Bertz CT molecular complexity index is 1270. The molecule has 3 aromatic rings. The van der Waals surface area contributed by atoms with Gasteiger partial charge in [0.1, 0.15) is 18.1 Å². The van der Waals surface area contributed by atoms with Crippen LogP contribution in [-0.2, 0) is 14.8 Å². The highest BCUT2D eigenvalue weighted by Gasteiger charge is 2.28. The zero-order valence-corrected chi connectivity index (χ0v) is 20.7. The van der Waals surface area contributed by atoms with E-state index < -0.39 is 28.3 Å². The van der Waals surface area contributed by atoms with Crippen molar-refractivity contribution in [3.05, 3.63) is 88.7 Å². The van der Waals surface area contributed by atoms with Crippen LogP contribution in [-0.4, -0.2) is 28.0 Å². The van der Waals surface area contributed by atoms with Crippen molar-refractivity contribution < 1.29 is 22.3 Å². The lowest BCUT2D eigenvalue weighted by Gasteiger charge is -2.26. The standard InChI is InChI=1S/C25H26ClFN2O4S/c1-4-23(18-10-13-24(33-3)17(2)14-18)28-25(30)16-29(19-11-12-22(27)21(26)15-19)34(31,32)20-8-6-5-7-9-20/h5-15,23H,4,16H2,1-3H3,(H,28,30)/t23-/m0/s1. The molecule has 0 saturated heterocycles. The van der Waals surface area contributed by atoms with E-state index in [-0.39, 0.29) is 21.6 Å². The van der Waals surface area contributed by atoms with Gasteiger partial charge in [-0.2, -0.15) is 0 Å². The van der Waals surface area contributed by atoms with Crippen molar-refractivity contribution in [2.24, 2.45) is 0 Å². The van der Waals surface area contributed by atoms with Crippen LogP contribution in [0.15, 0.2) is 71.6 Å². The van der Waals surface area contributed by atoms with Gasteiger partial charge in [0.15, 0.2) is 0 Å². The minimum atomic E-state index is -4.13. The second kappa shape index (κ2) is 10.9. The SMILES string of the molecule is CC[C@H](NC(=O)CN(c1ccc(F)c(Cl)c1)S(=O)(=O)c1ccccc1)c1ccc(OC)c(C)c1. The number of ether oxygens (including phenoxy) is 1. The lowest BCUT2D eigenvalue weighted by Crippen LogP contribution is -2.42. The molecule has 3 aromatic carbocycles. The number of halogens is 2. The van der Waals surface area contributed by atoms with Crippen LogP contribution in [0, 0.1) is 12.7 Å². The number of methoxy groups -OCH3 is 1. The van der Waals surface area contributed by atoms with Gasteiger partial charge in [-0.15, -0.1) is 0 Å². The Kier molecular flexibility index (Phi) is 8.17. The van der Waals surface area contributed by atoms with Crippen molar-refractivity contribution in [3.63, 3.8) is 0 Å². The maximum absolute atomic E-state index is 13.7. The van der Waals surface area contributed by atoms with Crippen molar-refractivity contribution in [1.29, 1.82) is 0 Å². The van der Waals surface area contributed by atoms with E-state index in [0.29, 0.717) is 6.42 Å². The third kappa shape index (κ3) is 5.69. The summed E-state index contributed by atoms with van der Waals surface area (Å²) in [6, 6.07) is 16.5. The first-order valence-electron chi connectivity index (χ1n) is 10.6. The predicted molar refractivity (Wildman–Crippen MR) is 131 cm³/mol. The molecule has 0 aliphatic carbocycles. The summed E-state index contributed by atoms with van der Waals surface area (Å²) in [5, 5.41) is 2.66. The molecule has 0 heterocycles. The summed E-state index contributed by atoms with van der Waals surface area (Å²) in [6.45, 7) is 3.32. The van der Waals surface area contributed by atoms with Gasteiger partial charge in [0.2, 0.25) is 5.91 Å². The lowest BCUT2D eigenvalue weighted by atomic mass is 10.0. The van der Waals surface area contributed by atoms with Crippen LogP contribution in [0.4, 0.5) is 10.1 Å². The number of rotatable bonds is 9. The number of nitrogens with zero attached hydrogens (tertiary/aromatic N) is 1. The van der Waals surface area contributed by atoms with Crippen molar-refractivity contribution in [3.8, 4) is 5.75 Å². The Morgan fingerprint density at radius 2 is 1.82 bits per heavy atom. The molecule has 0 aromatic heterocycles. The molecule has 1 atom stereocenters. The number of carbonyl (C=O) groups is 1. The first-order chi connectivity index (χ1) is 16.2. The first-order valence-corrected chi connectivity index (χ1v) is 12.5. The van der Waals surface area contributed by atoms with E-state index in [2.05, 4.69) is 5.32 Å². The number of amides is 1. The minimum absolute atomic E-state index is 0.000989. The van der Waals surface area contributed by atoms with Gasteiger partial charge < -0.3 is 10.1 Å². The molecule has 0 unspecified atom stereocenters. The van der Waals surface area contributed by atoms with E-state index in [1.165, 1.54) is 24.3 Å². The van der Waals surface area contributed by atoms with Crippen molar-refractivity contribution >= 4 is 33.2 Å². The van der Waals surface area contributed by atoms with Crippen LogP contribution in [0.2, 0.25) is 5.02 Å². The topological polar surface area (TPSA) is 75.7 Å². The van der Waals surface area contributed by atoms with Crippen LogP contribution < -0.4 is 14.4 Å². The fourth-order valence-corrected chi connectivity index (χ4v) is 5.19. The van der Waals surface area contributed by atoms with Gasteiger partial charge in [0, 0.05) is 0 Å². The summed E-state index contributed by atoms with van der Waals surface area (Å²) >= 11 is 5.91. The fourth-order valence-electron chi connectivity index (χ4n) is 3.58. The third-order valence-corrected chi connectivity index (χ3v) is 7.45. The number of nitrogens with one attached hydrogen (secondary N) is 1. The second-order valence-corrected chi connectivity index (χ2v) is 9.95. The second-order valence-electron chi connectivity index (χ2n) is 7.68. The summed E-state index contributed by atoms with van der Waals surface area (Å²) in [5.74, 6) is -0.466. The Morgan fingerprint density at radius 1 is 1.12 bits per heavy atom. The number of benzene rings is 3. The highest BCUT2D eigenvalue weighted by atomic mass is 35.5. The van der Waals surface area contributed by atoms with E-state index in [1.54, 1.807) is 25.3 Å². The molecular formula is C25H26ClFN2O4S. The maximum atomic E-state index is 13.7. The highest BCUT2D eigenvalue weighted by molar-refractivity contribution is 7.92. The Hall–Kier alpha value is -3.10. The first kappa shape index (κ1) is 25.5. The quantitative estimate of drug-likeness (QED) is 0.431. The minimum Gasteiger partial charge on any atom is -0.496 e. The molecule has 1 amide bonds. The molecule has 0 spiro atoms. The van der Waals surface area contributed by atoms with Crippen molar-refractivity contribution in [2.75, 3.05) is 18.0 Å². The molecule has 0 aliphatic rings. The number of sulfonamides is 1. The zero-order valence-electron chi connectivity index (χ0n) is 19.1. The summed E-state index contributed by atoms with van der Waals surface area (Å²) in [4.78, 5) is 13.1. The number of aryl methyl sites for hydroxylation is 1. The molecule has 6 nitrogen and oxygen atoms in total. The molecule has 9 heteroatoms. The molecule has 180 valence electrons. The monoisotopic (exact) mass is 504 g/mol. The summed E-state index contributed by atoms with van der Waals surface area (Å²) in [7, 11) is -2.54.